The highest BCUT2D eigenvalue weighted by Gasteiger charge is 2.27. The van der Waals surface area contributed by atoms with Gasteiger partial charge in [-0.15, -0.1) is 0 Å². The average Bonchev–Trinajstić information content (AvgIpc) is 2.48. The summed E-state index contributed by atoms with van der Waals surface area (Å²) < 4.78 is 5.48. The van der Waals surface area contributed by atoms with Crippen molar-refractivity contribution >= 4 is 0 Å². The molecule has 0 radical (unpaired) electrons. The Morgan fingerprint density at radius 1 is 1.25 bits per heavy atom. The number of fused-ring (bicyclic) bond motifs is 1. The summed E-state index contributed by atoms with van der Waals surface area (Å²) in [5, 5.41) is 3.75. The standard InChI is InChI=1S/C18H27NO/c1-18(9-11-20-12-10-18)14-19-13-16-7-4-6-15-5-2-3-8-17(15)16/h2-3,5,8,16,19H,4,6-7,9-14H2,1H3. The van der Waals surface area contributed by atoms with Crippen molar-refractivity contribution in [3.63, 3.8) is 0 Å². The summed E-state index contributed by atoms with van der Waals surface area (Å²) in [5.74, 6) is 0.711. The third-order valence-corrected chi connectivity index (χ3v) is 5.14. The summed E-state index contributed by atoms with van der Waals surface area (Å²) >= 11 is 0. The Morgan fingerprint density at radius 3 is 2.90 bits per heavy atom. The van der Waals surface area contributed by atoms with Gasteiger partial charge < -0.3 is 10.1 Å². The fraction of sp³-hybridized carbons (Fsp3) is 0.667. The minimum atomic E-state index is 0.437. The molecule has 0 bridgehead atoms. The summed E-state index contributed by atoms with van der Waals surface area (Å²) in [7, 11) is 0. The molecule has 2 nitrogen and oxygen atoms in total. The molecule has 2 heteroatoms. The number of hydrogen-bond acceptors (Lipinski definition) is 2. The number of aryl methyl sites for hydroxylation is 1. The van der Waals surface area contributed by atoms with Gasteiger partial charge in [0.15, 0.2) is 0 Å². The molecule has 1 aliphatic carbocycles. The summed E-state index contributed by atoms with van der Waals surface area (Å²) in [5.41, 5.74) is 3.60. The van der Waals surface area contributed by atoms with Crippen LogP contribution in [0.2, 0.25) is 0 Å². The van der Waals surface area contributed by atoms with Gasteiger partial charge in [-0.1, -0.05) is 31.2 Å². The van der Waals surface area contributed by atoms with Crippen molar-refractivity contribution in [2.75, 3.05) is 26.3 Å². The van der Waals surface area contributed by atoms with Gasteiger partial charge in [-0.25, -0.2) is 0 Å². The lowest BCUT2D eigenvalue weighted by molar-refractivity contribution is 0.0240. The minimum Gasteiger partial charge on any atom is -0.381 e. The van der Waals surface area contributed by atoms with Crippen LogP contribution in [0.4, 0.5) is 0 Å². The molecular weight excluding hydrogens is 246 g/mol. The van der Waals surface area contributed by atoms with Crippen molar-refractivity contribution < 1.29 is 4.74 Å². The van der Waals surface area contributed by atoms with Gasteiger partial charge in [-0.3, -0.25) is 0 Å². The van der Waals surface area contributed by atoms with E-state index in [1.165, 1.54) is 32.1 Å². The normalized spacial score (nSPS) is 25.1. The third kappa shape index (κ3) is 3.24. The van der Waals surface area contributed by atoms with Gasteiger partial charge in [0.05, 0.1) is 0 Å². The van der Waals surface area contributed by atoms with Crippen LogP contribution >= 0.6 is 0 Å². The van der Waals surface area contributed by atoms with E-state index in [1.807, 2.05) is 0 Å². The van der Waals surface area contributed by atoms with Crippen LogP contribution in [0, 0.1) is 5.41 Å². The number of hydrogen-bond donors (Lipinski definition) is 1. The van der Waals surface area contributed by atoms with Crippen LogP contribution in [0.5, 0.6) is 0 Å². The zero-order valence-electron chi connectivity index (χ0n) is 12.7. The van der Waals surface area contributed by atoms with Gasteiger partial charge in [0, 0.05) is 26.3 Å². The van der Waals surface area contributed by atoms with Gasteiger partial charge in [-0.05, 0) is 54.6 Å². The summed E-state index contributed by atoms with van der Waals surface area (Å²) in [6, 6.07) is 9.01. The maximum absolute atomic E-state index is 5.48. The SMILES string of the molecule is CC1(CNCC2CCCc3ccccc32)CCOCC1. The zero-order chi connectivity index (χ0) is 13.8. The Hall–Kier alpha value is -0.860. The van der Waals surface area contributed by atoms with Gasteiger partial charge >= 0.3 is 0 Å². The number of rotatable bonds is 4. The number of ether oxygens (including phenoxy) is 1. The molecule has 0 amide bonds. The Kier molecular flexibility index (Phi) is 4.42. The van der Waals surface area contributed by atoms with Crippen LogP contribution in [0.3, 0.4) is 0 Å². The van der Waals surface area contributed by atoms with Crippen LogP contribution in [0.1, 0.15) is 49.7 Å². The molecule has 0 saturated carbocycles. The quantitative estimate of drug-likeness (QED) is 0.906. The minimum absolute atomic E-state index is 0.437. The molecule has 2 aliphatic rings. The molecule has 1 saturated heterocycles. The smallest absolute Gasteiger partial charge is 0.0471 e. The lowest BCUT2D eigenvalue weighted by Gasteiger charge is -2.34. The van der Waals surface area contributed by atoms with Crippen molar-refractivity contribution in [3.05, 3.63) is 35.4 Å². The van der Waals surface area contributed by atoms with Crippen molar-refractivity contribution in [3.8, 4) is 0 Å². The Bertz CT molecular complexity index is 437. The molecule has 1 aromatic carbocycles. The van der Waals surface area contributed by atoms with Crippen LogP contribution in [-0.4, -0.2) is 26.3 Å². The maximum atomic E-state index is 5.48. The summed E-state index contributed by atoms with van der Waals surface area (Å²) in [6.07, 6.45) is 6.34. The molecule has 1 aliphatic heterocycles. The van der Waals surface area contributed by atoms with Crippen molar-refractivity contribution in [1.29, 1.82) is 0 Å². The lowest BCUT2D eigenvalue weighted by atomic mass is 9.81. The lowest BCUT2D eigenvalue weighted by Crippen LogP contribution is -2.38. The van der Waals surface area contributed by atoms with E-state index in [4.69, 9.17) is 4.74 Å². The molecule has 110 valence electrons. The average molecular weight is 273 g/mol. The second-order valence-corrected chi connectivity index (χ2v) is 6.84. The fourth-order valence-electron chi connectivity index (χ4n) is 3.66. The van der Waals surface area contributed by atoms with Crippen molar-refractivity contribution in [1.82, 2.24) is 5.32 Å². The van der Waals surface area contributed by atoms with E-state index in [-0.39, 0.29) is 0 Å². The predicted molar refractivity (Wildman–Crippen MR) is 83.2 cm³/mol. The molecular formula is C18H27NO. The first-order chi connectivity index (χ1) is 9.77. The summed E-state index contributed by atoms with van der Waals surface area (Å²) in [6.45, 7) is 6.54. The zero-order valence-corrected chi connectivity index (χ0v) is 12.7. The number of nitrogens with one attached hydrogen (secondary N) is 1. The van der Waals surface area contributed by atoms with Crippen LogP contribution < -0.4 is 5.32 Å². The summed E-state index contributed by atoms with van der Waals surface area (Å²) in [4.78, 5) is 0. The van der Waals surface area contributed by atoms with Gasteiger partial charge in [0.2, 0.25) is 0 Å². The molecule has 1 N–H and O–H groups in total. The van der Waals surface area contributed by atoms with E-state index < -0.39 is 0 Å². The number of benzene rings is 1. The first-order valence-corrected chi connectivity index (χ1v) is 8.13. The first-order valence-electron chi connectivity index (χ1n) is 8.13. The molecule has 1 fully saturated rings. The highest BCUT2D eigenvalue weighted by atomic mass is 16.5. The van der Waals surface area contributed by atoms with E-state index in [9.17, 15) is 0 Å². The van der Waals surface area contributed by atoms with Crippen molar-refractivity contribution in [2.24, 2.45) is 5.41 Å². The van der Waals surface area contributed by atoms with E-state index in [0.717, 1.165) is 26.3 Å². The Morgan fingerprint density at radius 2 is 2.05 bits per heavy atom. The molecule has 3 rings (SSSR count). The van der Waals surface area contributed by atoms with Crippen LogP contribution in [-0.2, 0) is 11.2 Å². The van der Waals surface area contributed by atoms with E-state index in [2.05, 4.69) is 36.5 Å². The van der Waals surface area contributed by atoms with Gasteiger partial charge in [-0.2, -0.15) is 0 Å². The topological polar surface area (TPSA) is 21.3 Å². The molecule has 1 aromatic rings. The Balaban J connectivity index is 1.54. The van der Waals surface area contributed by atoms with E-state index in [0.29, 0.717) is 11.3 Å². The third-order valence-electron chi connectivity index (χ3n) is 5.14. The first kappa shape index (κ1) is 14.1. The molecule has 1 unspecified atom stereocenters. The molecule has 1 heterocycles. The van der Waals surface area contributed by atoms with Crippen molar-refractivity contribution in [2.45, 2.75) is 44.9 Å². The fourth-order valence-corrected chi connectivity index (χ4v) is 3.66. The second-order valence-electron chi connectivity index (χ2n) is 6.84. The largest absolute Gasteiger partial charge is 0.381 e. The van der Waals surface area contributed by atoms with Crippen LogP contribution in [0.25, 0.3) is 0 Å². The monoisotopic (exact) mass is 273 g/mol. The Labute approximate surface area is 122 Å². The highest BCUT2D eigenvalue weighted by molar-refractivity contribution is 5.32. The maximum Gasteiger partial charge on any atom is 0.0471 e. The molecule has 0 aromatic heterocycles. The van der Waals surface area contributed by atoms with Gasteiger partial charge in [0.1, 0.15) is 0 Å². The molecule has 0 spiro atoms. The second kappa shape index (κ2) is 6.28. The van der Waals surface area contributed by atoms with E-state index >= 15 is 0 Å². The molecule has 1 atom stereocenters. The van der Waals surface area contributed by atoms with E-state index in [1.54, 1.807) is 11.1 Å². The van der Waals surface area contributed by atoms with Crippen LogP contribution in [0.15, 0.2) is 24.3 Å². The highest BCUT2D eigenvalue weighted by Crippen LogP contribution is 2.32. The molecule has 20 heavy (non-hydrogen) atoms. The van der Waals surface area contributed by atoms with Gasteiger partial charge in [0.25, 0.3) is 0 Å². The predicted octanol–water partition coefficient (Wildman–Crippen LogP) is 3.51.